The second-order valence-electron chi connectivity index (χ2n) is 14.5. The van der Waals surface area contributed by atoms with Gasteiger partial charge in [-0.25, -0.2) is 0 Å². The molecule has 54 heavy (non-hydrogen) atoms. The summed E-state index contributed by atoms with van der Waals surface area (Å²) in [4.78, 5) is 25.9. The number of rotatable bonds is 37. The molecule has 0 aromatic carbocycles. The van der Waals surface area contributed by atoms with Gasteiger partial charge in [-0.05, 0) is 57.8 Å². The molecule has 0 spiro atoms. The van der Waals surface area contributed by atoms with Gasteiger partial charge in [0.2, 0.25) is 5.91 Å². The summed E-state index contributed by atoms with van der Waals surface area (Å²) in [5.41, 5.74) is 0. The maximum Gasteiger partial charge on any atom is 0.306 e. The number of ether oxygens (including phenoxy) is 1. The first-order valence-electron chi connectivity index (χ1n) is 21.9. The molecule has 0 saturated carbocycles. The van der Waals surface area contributed by atoms with E-state index in [0.29, 0.717) is 19.3 Å². The third-order valence-electron chi connectivity index (χ3n) is 9.38. The first-order valence-corrected chi connectivity index (χ1v) is 21.9. The van der Waals surface area contributed by atoms with Crippen molar-refractivity contribution in [3.05, 3.63) is 85.1 Å². The molecule has 0 rings (SSSR count). The van der Waals surface area contributed by atoms with Crippen LogP contribution in [0.3, 0.4) is 0 Å². The number of hydrogen-bond acceptors (Lipinski definition) is 5. The number of carbonyl (C=O) groups excluding carboxylic acids is 2. The van der Waals surface area contributed by atoms with E-state index in [2.05, 4.69) is 74.7 Å². The summed E-state index contributed by atoms with van der Waals surface area (Å²) in [7, 11) is 0. The standard InChI is InChI=1S/C48H81NO5/c1-4-7-10-13-16-19-22-23-26-29-32-35-38-41-48(53)54-44(39-36-33-30-27-24-20-17-14-11-8-5-2)42-47(52)49-45(43-50)46(51)40-37-34-31-28-25-21-18-15-12-9-6-3/h7-8,10-11,13-14,16-17,19-20,22,24,27,30,44-46,50-51H,4-6,9,12,15,18,21,23,25-26,28-29,31-43H2,1-3H3,(H,49,52)/b10-7+,11-8+,16-13+,17-14+,22-19-,24-20-,30-27-. The van der Waals surface area contributed by atoms with Crippen molar-refractivity contribution in [2.75, 3.05) is 6.61 Å². The van der Waals surface area contributed by atoms with Crippen LogP contribution in [-0.2, 0) is 14.3 Å². The molecule has 3 unspecified atom stereocenters. The van der Waals surface area contributed by atoms with Gasteiger partial charge >= 0.3 is 5.97 Å². The molecule has 0 aliphatic rings. The van der Waals surface area contributed by atoms with Crippen LogP contribution >= 0.6 is 0 Å². The van der Waals surface area contributed by atoms with Gasteiger partial charge in [-0.2, -0.15) is 0 Å². The maximum absolute atomic E-state index is 13.1. The SMILES string of the molecule is CC/C=C/C=C/C=C\C=C/CCCC(CC(=O)NC(CO)C(O)CCCCCCCCCCCCC)OC(=O)CCCCCCC\C=C/C=C/C=C/CC. The van der Waals surface area contributed by atoms with E-state index < -0.39 is 18.2 Å². The van der Waals surface area contributed by atoms with Gasteiger partial charge in [0.15, 0.2) is 0 Å². The Morgan fingerprint density at radius 2 is 1.02 bits per heavy atom. The van der Waals surface area contributed by atoms with E-state index in [1.807, 2.05) is 36.5 Å². The lowest BCUT2D eigenvalue weighted by Crippen LogP contribution is -2.46. The van der Waals surface area contributed by atoms with Crippen LogP contribution in [0.15, 0.2) is 85.1 Å². The van der Waals surface area contributed by atoms with Crippen molar-refractivity contribution < 1.29 is 24.5 Å². The zero-order valence-corrected chi connectivity index (χ0v) is 34.8. The summed E-state index contributed by atoms with van der Waals surface area (Å²) in [5.74, 6) is -0.577. The minimum Gasteiger partial charge on any atom is -0.462 e. The summed E-state index contributed by atoms with van der Waals surface area (Å²) in [5, 5.41) is 23.6. The van der Waals surface area contributed by atoms with Gasteiger partial charge in [0.1, 0.15) is 6.10 Å². The van der Waals surface area contributed by atoms with Crippen molar-refractivity contribution in [1.82, 2.24) is 5.32 Å². The normalized spacial score (nSPS) is 14.2. The van der Waals surface area contributed by atoms with Crippen molar-refractivity contribution in [3.8, 4) is 0 Å². The van der Waals surface area contributed by atoms with Crippen LogP contribution in [0.1, 0.15) is 181 Å². The lowest BCUT2D eigenvalue weighted by molar-refractivity contribution is -0.151. The van der Waals surface area contributed by atoms with E-state index in [9.17, 15) is 19.8 Å². The highest BCUT2D eigenvalue weighted by Gasteiger charge is 2.23. The maximum atomic E-state index is 13.1. The fraction of sp³-hybridized carbons (Fsp3) is 0.667. The zero-order chi connectivity index (χ0) is 39.6. The van der Waals surface area contributed by atoms with Crippen molar-refractivity contribution >= 4 is 11.9 Å². The van der Waals surface area contributed by atoms with Gasteiger partial charge in [0, 0.05) is 6.42 Å². The molecule has 0 fully saturated rings. The second kappa shape index (κ2) is 41.2. The van der Waals surface area contributed by atoms with Gasteiger partial charge in [-0.15, -0.1) is 0 Å². The summed E-state index contributed by atoms with van der Waals surface area (Å²) in [6.45, 7) is 6.14. The van der Waals surface area contributed by atoms with Gasteiger partial charge in [0.25, 0.3) is 0 Å². The fourth-order valence-corrected chi connectivity index (χ4v) is 6.09. The third kappa shape index (κ3) is 36.0. The molecular weight excluding hydrogens is 671 g/mol. The Kier molecular flexibility index (Phi) is 38.9. The average Bonchev–Trinajstić information content (AvgIpc) is 3.16. The molecule has 0 aromatic heterocycles. The van der Waals surface area contributed by atoms with Crippen LogP contribution in [0, 0.1) is 0 Å². The van der Waals surface area contributed by atoms with Crippen LogP contribution < -0.4 is 5.32 Å². The van der Waals surface area contributed by atoms with Crippen molar-refractivity contribution in [2.24, 2.45) is 0 Å². The predicted octanol–water partition coefficient (Wildman–Crippen LogP) is 12.4. The Morgan fingerprint density at radius 1 is 0.556 bits per heavy atom. The molecule has 0 radical (unpaired) electrons. The summed E-state index contributed by atoms with van der Waals surface area (Å²) >= 11 is 0. The molecule has 3 N–H and O–H groups in total. The van der Waals surface area contributed by atoms with E-state index in [-0.39, 0.29) is 24.9 Å². The van der Waals surface area contributed by atoms with Crippen LogP contribution in [0.2, 0.25) is 0 Å². The zero-order valence-electron chi connectivity index (χ0n) is 34.8. The molecule has 308 valence electrons. The highest BCUT2D eigenvalue weighted by atomic mass is 16.5. The second-order valence-corrected chi connectivity index (χ2v) is 14.5. The minimum absolute atomic E-state index is 0.0185. The summed E-state index contributed by atoms with van der Waals surface area (Å²) in [6.07, 6.45) is 52.2. The van der Waals surface area contributed by atoms with Gasteiger partial charge in [-0.1, -0.05) is 196 Å². The number of allylic oxidation sites excluding steroid dienone is 14. The Hall–Kier alpha value is -2.96. The lowest BCUT2D eigenvalue weighted by Gasteiger charge is -2.24. The van der Waals surface area contributed by atoms with Crippen LogP contribution in [0.4, 0.5) is 0 Å². The minimum atomic E-state index is -0.810. The topological polar surface area (TPSA) is 95.9 Å². The third-order valence-corrected chi connectivity index (χ3v) is 9.38. The smallest absolute Gasteiger partial charge is 0.306 e. The van der Waals surface area contributed by atoms with E-state index >= 15 is 0 Å². The van der Waals surface area contributed by atoms with E-state index in [0.717, 1.165) is 83.5 Å². The number of unbranched alkanes of at least 4 members (excludes halogenated alkanes) is 16. The molecule has 0 aliphatic heterocycles. The van der Waals surface area contributed by atoms with Crippen molar-refractivity contribution in [3.63, 3.8) is 0 Å². The molecule has 0 aliphatic carbocycles. The molecule has 0 saturated heterocycles. The quantitative estimate of drug-likeness (QED) is 0.0334. The monoisotopic (exact) mass is 752 g/mol. The lowest BCUT2D eigenvalue weighted by atomic mass is 10.0. The van der Waals surface area contributed by atoms with Crippen molar-refractivity contribution in [2.45, 2.75) is 200 Å². The van der Waals surface area contributed by atoms with Gasteiger partial charge in [0.05, 0.1) is 25.2 Å². The van der Waals surface area contributed by atoms with E-state index in [1.165, 1.54) is 51.4 Å². The molecule has 0 heterocycles. The highest BCUT2D eigenvalue weighted by Crippen LogP contribution is 2.16. The van der Waals surface area contributed by atoms with Crippen LogP contribution in [-0.4, -0.2) is 46.9 Å². The molecule has 6 heteroatoms. The number of esters is 1. The Balaban J connectivity index is 4.73. The van der Waals surface area contributed by atoms with E-state index in [1.54, 1.807) is 0 Å². The Labute approximate surface area is 332 Å². The number of hydrogen-bond donors (Lipinski definition) is 3. The number of aliphatic hydroxyl groups excluding tert-OH is 2. The molecule has 1 amide bonds. The number of nitrogens with one attached hydrogen (secondary N) is 1. The molecular formula is C48H81NO5. The predicted molar refractivity (Wildman–Crippen MR) is 231 cm³/mol. The average molecular weight is 752 g/mol. The van der Waals surface area contributed by atoms with E-state index in [4.69, 9.17) is 4.74 Å². The Bertz CT molecular complexity index is 1070. The molecule has 0 bridgehead atoms. The summed E-state index contributed by atoms with van der Waals surface area (Å²) in [6, 6.07) is -0.729. The Morgan fingerprint density at radius 3 is 1.56 bits per heavy atom. The molecule has 6 nitrogen and oxygen atoms in total. The number of carbonyl (C=O) groups is 2. The molecule has 3 atom stereocenters. The first-order chi connectivity index (χ1) is 26.5. The van der Waals surface area contributed by atoms with Crippen molar-refractivity contribution in [1.29, 1.82) is 0 Å². The number of amides is 1. The van der Waals surface area contributed by atoms with Crippen LogP contribution in [0.5, 0.6) is 0 Å². The van der Waals surface area contributed by atoms with Gasteiger partial charge in [-0.3, -0.25) is 9.59 Å². The first kappa shape index (κ1) is 51.0. The highest BCUT2D eigenvalue weighted by molar-refractivity contribution is 5.77. The van der Waals surface area contributed by atoms with Gasteiger partial charge < -0.3 is 20.3 Å². The number of aliphatic hydroxyl groups is 2. The molecule has 0 aromatic rings. The summed E-state index contributed by atoms with van der Waals surface area (Å²) < 4.78 is 5.84. The fourth-order valence-electron chi connectivity index (χ4n) is 6.09. The largest absolute Gasteiger partial charge is 0.462 e. The van der Waals surface area contributed by atoms with Crippen LogP contribution in [0.25, 0.3) is 0 Å².